The van der Waals surface area contributed by atoms with E-state index < -0.39 is 28.5 Å². The Morgan fingerprint density at radius 3 is 2.07 bits per heavy atom. The Balaban J connectivity index is 1.71. The Labute approximate surface area is 244 Å². The number of hydrogen-bond acceptors (Lipinski definition) is 4. The van der Waals surface area contributed by atoms with Gasteiger partial charge in [0.25, 0.3) is 0 Å². The van der Waals surface area contributed by atoms with Crippen molar-refractivity contribution in [1.29, 1.82) is 0 Å². The number of aryl methyl sites for hydroxylation is 2. The van der Waals surface area contributed by atoms with Crippen LogP contribution < -0.4 is 9.62 Å². The van der Waals surface area contributed by atoms with E-state index in [1.807, 2.05) is 80.6 Å². The van der Waals surface area contributed by atoms with Crippen LogP contribution in [0.25, 0.3) is 0 Å². The van der Waals surface area contributed by atoms with E-state index in [-0.39, 0.29) is 18.5 Å². The zero-order chi connectivity index (χ0) is 29.4. The van der Waals surface area contributed by atoms with Crippen molar-refractivity contribution in [1.82, 2.24) is 10.2 Å². The van der Waals surface area contributed by atoms with E-state index in [1.54, 1.807) is 17.0 Å². The summed E-state index contributed by atoms with van der Waals surface area (Å²) in [5.41, 5.74) is 4.37. The van der Waals surface area contributed by atoms with Crippen LogP contribution in [0.4, 0.5) is 5.69 Å². The molecule has 1 N–H and O–H groups in total. The van der Waals surface area contributed by atoms with Gasteiger partial charge in [0, 0.05) is 19.0 Å². The zero-order valence-electron chi connectivity index (χ0n) is 24.3. The minimum atomic E-state index is -3.78. The summed E-state index contributed by atoms with van der Waals surface area (Å²) in [7, 11) is -3.78. The van der Waals surface area contributed by atoms with Crippen LogP contribution >= 0.6 is 0 Å². The molecule has 3 aromatic rings. The van der Waals surface area contributed by atoms with Crippen molar-refractivity contribution in [2.75, 3.05) is 17.1 Å². The van der Waals surface area contributed by atoms with Crippen molar-refractivity contribution < 1.29 is 18.0 Å². The molecule has 0 bridgehead atoms. The van der Waals surface area contributed by atoms with Gasteiger partial charge in [0.2, 0.25) is 21.8 Å². The first-order chi connectivity index (χ1) is 19.6. The first kappa shape index (κ1) is 30.3. The predicted octanol–water partition coefficient (Wildman–Crippen LogP) is 5.02. The van der Waals surface area contributed by atoms with Crippen molar-refractivity contribution in [3.63, 3.8) is 0 Å². The first-order valence-corrected chi connectivity index (χ1v) is 16.2. The molecule has 4 rings (SSSR count). The highest BCUT2D eigenvalue weighted by molar-refractivity contribution is 7.92. The van der Waals surface area contributed by atoms with Crippen LogP contribution in [0, 0.1) is 6.92 Å². The van der Waals surface area contributed by atoms with Crippen LogP contribution in [0.1, 0.15) is 54.9 Å². The van der Waals surface area contributed by atoms with Crippen LogP contribution in [0.2, 0.25) is 0 Å². The number of sulfonamides is 1. The maximum atomic E-state index is 14.2. The van der Waals surface area contributed by atoms with E-state index in [2.05, 4.69) is 5.32 Å². The molecule has 1 fully saturated rings. The zero-order valence-corrected chi connectivity index (χ0v) is 25.1. The molecule has 0 saturated heterocycles. The Kier molecular flexibility index (Phi) is 10.2. The van der Waals surface area contributed by atoms with Gasteiger partial charge in [-0.2, -0.15) is 0 Å². The molecule has 1 saturated carbocycles. The third-order valence-electron chi connectivity index (χ3n) is 7.76. The fraction of sp³-hybridized carbons (Fsp3) is 0.394. The third kappa shape index (κ3) is 8.43. The summed E-state index contributed by atoms with van der Waals surface area (Å²) in [5, 5.41) is 3.19. The van der Waals surface area contributed by atoms with Crippen molar-refractivity contribution in [3.05, 3.63) is 101 Å². The number of carbonyl (C=O) groups excluding carboxylic acids is 2. The first-order valence-electron chi connectivity index (χ1n) is 14.4. The highest BCUT2D eigenvalue weighted by Crippen LogP contribution is 2.23. The second-order valence-electron chi connectivity index (χ2n) is 11.0. The van der Waals surface area contributed by atoms with Crippen molar-refractivity contribution in [2.24, 2.45) is 0 Å². The second-order valence-corrected chi connectivity index (χ2v) is 12.9. The molecule has 0 aliphatic heterocycles. The van der Waals surface area contributed by atoms with Crippen LogP contribution in [0.5, 0.6) is 0 Å². The Bertz CT molecular complexity index is 1400. The van der Waals surface area contributed by atoms with Gasteiger partial charge in [0.1, 0.15) is 12.6 Å². The molecule has 1 aliphatic carbocycles. The number of carbonyl (C=O) groups is 2. The van der Waals surface area contributed by atoms with E-state index in [9.17, 15) is 18.0 Å². The number of amides is 2. The molecule has 0 radical (unpaired) electrons. The normalized spacial score (nSPS) is 14.4. The van der Waals surface area contributed by atoms with Gasteiger partial charge in [-0.1, -0.05) is 92.1 Å². The highest BCUT2D eigenvalue weighted by Gasteiger charge is 2.34. The maximum Gasteiger partial charge on any atom is 0.244 e. The standard InChI is InChI=1S/C33H41N3O4S/c1-4-26-18-20-30(21-19-26)36(41(3,39)40)24-32(37)35(23-28-16-14-25(2)15-17-28)31(22-27-10-6-5-7-11-27)33(38)34-29-12-8-9-13-29/h5-7,10-11,14-21,29,31H,4,8-9,12-13,22-24H2,1-3H3,(H,34,38). The lowest BCUT2D eigenvalue weighted by Crippen LogP contribution is -2.54. The molecule has 218 valence electrons. The van der Waals surface area contributed by atoms with Crippen LogP contribution in [-0.4, -0.2) is 50.0 Å². The summed E-state index contributed by atoms with van der Waals surface area (Å²) >= 11 is 0. The summed E-state index contributed by atoms with van der Waals surface area (Å²) in [4.78, 5) is 29.6. The van der Waals surface area contributed by atoms with E-state index in [0.29, 0.717) is 12.1 Å². The Hall–Kier alpha value is -3.65. The van der Waals surface area contributed by atoms with E-state index in [0.717, 1.165) is 64.9 Å². The number of rotatable bonds is 12. The Morgan fingerprint density at radius 2 is 1.49 bits per heavy atom. The number of nitrogens with zero attached hydrogens (tertiary/aromatic N) is 2. The van der Waals surface area contributed by atoms with Crippen LogP contribution in [0.3, 0.4) is 0 Å². The number of hydrogen-bond donors (Lipinski definition) is 1. The van der Waals surface area contributed by atoms with E-state index in [4.69, 9.17) is 0 Å². The molecular weight excluding hydrogens is 534 g/mol. The van der Waals surface area contributed by atoms with Gasteiger partial charge in [-0.15, -0.1) is 0 Å². The number of nitrogens with one attached hydrogen (secondary N) is 1. The smallest absolute Gasteiger partial charge is 0.244 e. The van der Waals surface area contributed by atoms with Gasteiger partial charge < -0.3 is 10.2 Å². The molecule has 1 unspecified atom stereocenters. The molecule has 0 heterocycles. The van der Waals surface area contributed by atoms with Gasteiger partial charge in [-0.05, 0) is 55.0 Å². The molecule has 0 spiro atoms. The second kappa shape index (κ2) is 13.8. The molecule has 0 aromatic heterocycles. The topological polar surface area (TPSA) is 86.8 Å². The van der Waals surface area contributed by atoms with Crippen LogP contribution in [-0.2, 0) is 39.0 Å². The summed E-state index contributed by atoms with van der Waals surface area (Å²) in [5.74, 6) is -0.641. The minimum Gasteiger partial charge on any atom is -0.352 e. The molecule has 3 aromatic carbocycles. The largest absolute Gasteiger partial charge is 0.352 e. The van der Waals surface area contributed by atoms with Crippen molar-refractivity contribution in [2.45, 2.75) is 71.0 Å². The molecule has 7 nitrogen and oxygen atoms in total. The molecule has 8 heteroatoms. The van der Waals surface area contributed by atoms with Gasteiger partial charge in [-0.25, -0.2) is 8.42 Å². The van der Waals surface area contributed by atoms with Gasteiger partial charge in [0.05, 0.1) is 11.9 Å². The van der Waals surface area contributed by atoms with Crippen molar-refractivity contribution in [3.8, 4) is 0 Å². The highest BCUT2D eigenvalue weighted by atomic mass is 32.2. The quantitative estimate of drug-likeness (QED) is 0.329. The van der Waals surface area contributed by atoms with Crippen LogP contribution in [0.15, 0.2) is 78.9 Å². The lowest BCUT2D eigenvalue weighted by atomic mass is 10.0. The summed E-state index contributed by atoms with van der Waals surface area (Å²) in [6.07, 6.45) is 6.23. The lowest BCUT2D eigenvalue weighted by molar-refractivity contribution is -0.140. The predicted molar refractivity (Wildman–Crippen MR) is 164 cm³/mol. The van der Waals surface area contributed by atoms with Crippen molar-refractivity contribution >= 4 is 27.5 Å². The molecular formula is C33H41N3O4S. The minimum absolute atomic E-state index is 0.0849. The summed E-state index contributed by atoms with van der Waals surface area (Å²) in [6.45, 7) is 3.80. The average Bonchev–Trinajstić information content (AvgIpc) is 3.47. The van der Waals surface area contributed by atoms with E-state index >= 15 is 0 Å². The summed E-state index contributed by atoms with van der Waals surface area (Å²) in [6, 6.07) is 24.0. The lowest BCUT2D eigenvalue weighted by Gasteiger charge is -2.34. The Morgan fingerprint density at radius 1 is 0.878 bits per heavy atom. The van der Waals surface area contributed by atoms with Gasteiger partial charge in [-0.3, -0.25) is 13.9 Å². The van der Waals surface area contributed by atoms with Gasteiger partial charge in [0.15, 0.2) is 0 Å². The molecule has 2 amide bonds. The van der Waals surface area contributed by atoms with Gasteiger partial charge >= 0.3 is 0 Å². The number of benzene rings is 3. The maximum absolute atomic E-state index is 14.2. The molecule has 1 aliphatic rings. The average molecular weight is 576 g/mol. The SMILES string of the molecule is CCc1ccc(N(CC(=O)N(Cc2ccc(C)cc2)C(Cc2ccccc2)C(=O)NC2CCCC2)S(C)(=O)=O)cc1. The number of anilines is 1. The third-order valence-corrected chi connectivity index (χ3v) is 8.90. The molecule has 1 atom stereocenters. The van der Waals surface area contributed by atoms with E-state index in [1.165, 1.54) is 0 Å². The molecule has 41 heavy (non-hydrogen) atoms. The summed E-state index contributed by atoms with van der Waals surface area (Å²) < 4.78 is 27.0. The fourth-order valence-corrected chi connectivity index (χ4v) is 6.17. The fourth-order valence-electron chi connectivity index (χ4n) is 5.32. The monoisotopic (exact) mass is 575 g/mol.